The van der Waals surface area contributed by atoms with Crippen LogP contribution >= 0.6 is 15.9 Å². The minimum Gasteiger partial charge on any atom is -0.464 e. The second-order valence-electron chi connectivity index (χ2n) is 8.45. The van der Waals surface area contributed by atoms with Crippen LogP contribution in [0, 0.1) is 18.4 Å². The van der Waals surface area contributed by atoms with Crippen molar-refractivity contribution in [1.82, 2.24) is 0 Å². The van der Waals surface area contributed by atoms with E-state index in [1.807, 2.05) is 60.7 Å². The van der Waals surface area contributed by atoms with Crippen LogP contribution < -0.4 is 0 Å². The topological polar surface area (TPSA) is 75.4 Å². The Morgan fingerprint density at radius 3 is 1.54 bits per heavy atom. The van der Waals surface area contributed by atoms with Gasteiger partial charge in [0.05, 0.1) is 33.0 Å². The highest BCUT2D eigenvalue weighted by Gasteiger charge is 2.02. The number of hydrogen-bond donors (Lipinski definition) is 0. The number of halogens is 1. The van der Waals surface area contributed by atoms with E-state index in [4.69, 9.17) is 25.5 Å². The molecule has 0 aliphatic carbocycles. The number of rotatable bonds is 12. The van der Waals surface area contributed by atoms with E-state index in [1.54, 1.807) is 26.0 Å². The van der Waals surface area contributed by atoms with Crippen LogP contribution in [0.3, 0.4) is 0 Å². The third-order valence-electron chi connectivity index (χ3n) is 5.34. The highest BCUT2D eigenvalue weighted by atomic mass is 79.9. The second kappa shape index (κ2) is 20.0. The first-order valence-electron chi connectivity index (χ1n) is 13.2. The van der Waals surface area contributed by atoms with E-state index in [2.05, 4.69) is 32.6 Å². The molecule has 8 heteroatoms. The molecule has 41 heavy (non-hydrogen) atoms. The second-order valence-corrected chi connectivity index (χ2v) is 9.36. The summed E-state index contributed by atoms with van der Waals surface area (Å²) in [5.41, 5.74) is 4.72. The molecule has 214 valence electrons. The standard InChI is InChI=1S/C21H19NO3.C12H15BrO3/c1-3-25-21(23)16-24-15-14-19-8-6-17(7-9-19)4-5-18-10-12-20(22-2)13-11-18;1-2-16-12(14)9-15-8-7-10-3-5-11(13)6-4-10/h6-13H,3,14-16H2,1H3;3-6H,2,7-9H2,1H3. The van der Waals surface area contributed by atoms with Gasteiger partial charge in [-0.2, -0.15) is 0 Å². The van der Waals surface area contributed by atoms with Gasteiger partial charge in [0.25, 0.3) is 0 Å². The van der Waals surface area contributed by atoms with Gasteiger partial charge in [-0.25, -0.2) is 14.4 Å². The highest BCUT2D eigenvalue weighted by Crippen LogP contribution is 2.12. The number of benzene rings is 3. The Hall–Kier alpha value is -3.95. The highest BCUT2D eigenvalue weighted by molar-refractivity contribution is 9.10. The molecule has 0 heterocycles. The molecule has 0 amide bonds. The molecule has 0 aliphatic rings. The molecule has 7 nitrogen and oxygen atoms in total. The van der Waals surface area contributed by atoms with Crippen LogP contribution in [0.15, 0.2) is 77.3 Å². The molecule has 0 fully saturated rings. The summed E-state index contributed by atoms with van der Waals surface area (Å²) in [6.45, 7) is 12.3. The molecule has 0 atom stereocenters. The van der Waals surface area contributed by atoms with Crippen molar-refractivity contribution in [3.8, 4) is 11.8 Å². The smallest absolute Gasteiger partial charge is 0.332 e. The minimum atomic E-state index is -0.336. The van der Waals surface area contributed by atoms with Gasteiger partial charge in [-0.05, 0) is 62.1 Å². The summed E-state index contributed by atoms with van der Waals surface area (Å²) >= 11 is 3.37. The SMILES string of the molecule is CCOC(=O)COCCc1ccc(Br)cc1.[C-]#[N+]c1ccc(C#Cc2ccc(CCOCC(=O)OCC)cc2)cc1. The van der Waals surface area contributed by atoms with Crippen molar-refractivity contribution in [3.63, 3.8) is 0 Å². The Bertz CT molecular complexity index is 1300. The minimum absolute atomic E-state index is 0.0102. The maximum Gasteiger partial charge on any atom is 0.332 e. The number of ether oxygens (including phenoxy) is 4. The van der Waals surface area contributed by atoms with E-state index < -0.39 is 0 Å². The van der Waals surface area contributed by atoms with E-state index in [1.165, 1.54) is 5.56 Å². The molecular weight excluding hydrogens is 586 g/mol. The molecule has 0 spiro atoms. The van der Waals surface area contributed by atoms with E-state index in [9.17, 15) is 9.59 Å². The Morgan fingerprint density at radius 2 is 1.12 bits per heavy atom. The fourth-order valence-corrected chi connectivity index (χ4v) is 3.53. The molecule has 0 N–H and O–H groups in total. The number of hydrogen-bond acceptors (Lipinski definition) is 6. The molecule has 0 unspecified atom stereocenters. The van der Waals surface area contributed by atoms with Crippen LogP contribution in [-0.4, -0.2) is 51.6 Å². The van der Waals surface area contributed by atoms with Gasteiger partial charge in [-0.15, -0.1) is 0 Å². The summed E-state index contributed by atoms with van der Waals surface area (Å²) < 4.78 is 21.1. The van der Waals surface area contributed by atoms with E-state index in [-0.39, 0.29) is 25.2 Å². The van der Waals surface area contributed by atoms with Crippen molar-refractivity contribution in [3.05, 3.63) is 111 Å². The lowest BCUT2D eigenvalue weighted by atomic mass is 10.1. The van der Waals surface area contributed by atoms with Gasteiger partial charge in [-0.3, -0.25) is 0 Å². The molecule has 0 aliphatic heterocycles. The first-order valence-corrected chi connectivity index (χ1v) is 14.0. The Balaban J connectivity index is 0.000000317. The maximum absolute atomic E-state index is 11.1. The number of nitrogens with zero attached hydrogens (tertiary/aromatic N) is 1. The lowest BCUT2D eigenvalue weighted by Gasteiger charge is -2.04. The number of esters is 2. The Labute approximate surface area is 250 Å². The molecule has 3 rings (SSSR count). The fourth-order valence-electron chi connectivity index (χ4n) is 3.27. The van der Waals surface area contributed by atoms with Crippen molar-refractivity contribution < 1.29 is 28.5 Å². The largest absolute Gasteiger partial charge is 0.464 e. The number of carbonyl (C=O) groups is 2. The summed E-state index contributed by atoms with van der Waals surface area (Å²) in [7, 11) is 0. The third-order valence-corrected chi connectivity index (χ3v) is 5.86. The van der Waals surface area contributed by atoms with Crippen molar-refractivity contribution in [2.75, 3.05) is 39.6 Å². The predicted molar refractivity (Wildman–Crippen MR) is 162 cm³/mol. The predicted octanol–water partition coefficient (Wildman–Crippen LogP) is 6.33. The van der Waals surface area contributed by atoms with Crippen molar-refractivity contribution >= 4 is 33.6 Å². The van der Waals surface area contributed by atoms with E-state index in [0.29, 0.717) is 32.1 Å². The van der Waals surface area contributed by atoms with Gasteiger partial charge < -0.3 is 18.9 Å². The first-order chi connectivity index (χ1) is 19.9. The fraction of sp³-hybridized carbons (Fsp3) is 0.303. The van der Waals surface area contributed by atoms with Crippen LogP contribution in [0.1, 0.15) is 36.1 Å². The molecule has 0 bridgehead atoms. The Kier molecular flexibility index (Phi) is 16.2. The molecule has 0 radical (unpaired) electrons. The number of carbonyl (C=O) groups excluding carboxylic acids is 2. The van der Waals surface area contributed by atoms with Crippen molar-refractivity contribution in [2.45, 2.75) is 26.7 Å². The lowest BCUT2D eigenvalue weighted by molar-refractivity contribution is -0.149. The zero-order valence-corrected chi connectivity index (χ0v) is 24.9. The molecule has 0 aromatic heterocycles. The lowest BCUT2D eigenvalue weighted by Crippen LogP contribution is -2.13. The normalized spacial score (nSPS) is 9.80. The van der Waals surface area contributed by atoms with Crippen LogP contribution in [0.5, 0.6) is 0 Å². The average Bonchev–Trinajstić information content (AvgIpc) is 2.99. The van der Waals surface area contributed by atoms with Crippen LogP contribution in [-0.2, 0) is 41.4 Å². The molecule has 0 saturated heterocycles. The summed E-state index contributed by atoms with van der Waals surface area (Å²) in [4.78, 5) is 25.4. The summed E-state index contributed by atoms with van der Waals surface area (Å²) in [6.07, 6.45) is 1.53. The van der Waals surface area contributed by atoms with E-state index in [0.717, 1.165) is 34.0 Å². The van der Waals surface area contributed by atoms with Crippen LogP contribution in [0.2, 0.25) is 0 Å². The zero-order valence-electron chi connectivity index (χ0n) is 23.4. The van der Waals surface area contributed by atoms with E-state index >= 15 is 0 Å². The van der Waals surface area contributed by atoms with Gasteiger partial charge in [0.1, 0.15) is 13.2 Å². The molecule has 3 aromatic rings. The summed E-state index contributed by atoms with van der Waals surface area (Å²) in [6, 6.07) is 23.1. The first kappa shape index (κ1) is 33.3. The third kappa shape index (κ3) is 14.9. The molecular formula is C33H34BrNO6. The molecule has 0 saturated carbocycles. The van der Waals surface area contributed by atoms with Crippen LogP contribution in [0.4, 0.5) is 5.69 Å². The average molecular weight is 621 g/mol. The summed E-state index contributed by atoms with van der Waals surface area (Å²) in [5, 5.41) is 0. The Morgan fingerprint density at radius 1 is 0.707 bits per heavy atom. The van der Waals surface area contributed by atoms with Gasteiger partial charge in [-0.1, -0.05) is 76.3 Å². The van der Waals surface area contributed by atoms with Gasteiger partial charge in [0.15, 0.2) is 5.69 Å². The maximum atomic E-state index is 11.1. The van der Waals surface area contributed by atoms with Crippen LogP contribution in [0.25, 0.3) is 4.85 Å². The van der Waals surface area contributed by atoms with Gasteiger partial charge in [0, 0.05) is 15.6 Å². The quantitative estimate of drug-likeness (QED) is 0.102. The van der Waals surface area contributed by atoms with Gasteiger partial charge in [0.2, 0.25) is 0 Å². The monoisotopic (exact) mass is 619 g/mol. The van der Waals surface area contributed by atoms with Crippen molar-refractivity contribution in [2.24, 2.45) is 0 Å². The zero-order chi connectivity index (χ0) is 29.7. The van der Waals surface area contributed by atoms with Crippen molar-refractivity contribution in [1.29, 1.82) is 0 Å². The molecule has 3 aromatic carbocycles. The summed E-state index contributed by atoms with van der Waals surface area (Å²) in [5.74, 6) is 5.54. The van der Waals surface area contributed by atoms with Gasteiger partial charge >= 0.3 is 11.9 Å².